The van der Waals surface area contributed by atoms with Crippen LogP contribution >= 0.6 is 23.2 Å². The molecule has 46 valence electrons. The predicted octanol–water partition coefficient (Wildman–Crippen LogP) is 2.60. The molecule has 0 aromatic heterocycles. The van der Waals surface area contributed by atoms with Crippen LogP contribution in [0.4, 0.5) is 13.2 Å². The summed E-state index contributed by atoms with van der Waals surface area (Å²) in [6.07, 6.45) is 0. The van der Waals surface area contributed by atoms with Crippen LogP contribution in [0.25, 0.3) is 0 Å². The maximum atomic E-state index is 10.6. The molecule has 0 N–H and O–H groups in total. The van der Waals surface area contributed by atoms with E-state index in [0.717, 1.165) is 0 Å². The topological polar surface area (TPSA) is 0 Å². The molecule has 0 saturated carbocycles. The quantitative estimate of drug-likeness (QED) is 0.471. The Labute approximate surface area is 49.2 Å². The van der Waals surface area contributed by atoms with Crippen LogP contribution in [0.15, 0.2) is 0 Å². The highest BCUT2D eigenvalue weighted by molar-refractivity contribution is 6.45. The van der Waals surface area contributed by atoms with Crippen molar-refractivity contribution in [2.24, 2.45) is 0 Å². The fourth-order valence-electron chi connectivity index (χ4n) is 0. The molecule has 0 unspecified atom stereocenters. The van der Waals surface area contributed by atoms with E-state index in [9.17, 15) is 13.2 Å². The molecule has 0 fully saturated rings. The van der Waals surface area contributed by atoms with Crippen LogP contribution in [-0.2, 0) is 0 Å². The van der Waals surface area contributed by atoms with Crippen LogP contribution in [0.3, 0.4) is 0 Å². The lowest BCUT2D eigenvalue weighted by molar-refractivity contribution is 0.194. The third kappa shape index (κ3) is 889. The van der Waals surface area contributed by atoms with Crippen LogP contribution < -0.4 is 0 Å². The monoisotopic (exact) mass is 154 g/mol. The fourth-order valence-corrected chi connectivity index (χ4v) is 0. The Balaban J connectivity index is 0. The lowest BCUT2D eigenvalue weighted by Crippen LogP contribution is -1.86. The van der Waals surface area contributed by atoms with Gasteiger partial charge in [0, 0.05) is 0 Å². The second-order valence-electron chi connectivity index (χ2n) is 0.429. The first-order chi connectivity index (χ1) is 3.00. The molecule has 0 nitrogen and oxygen atoms in total. The summed E-state index contributed by atoms with van der Waals surface area (Å²) >= 11 is 7.92. The number of hydrogen-bond acceptors (Lipinski definition) is 0. The average Bonchev–Trinajstić information content (AvgIpc) is 1.36. The molecular formula is C2H3Cl2F3. The first kappa shape index (κ1) is 10.4. The van der Waals surface area contributed by atoms with Gasteiger partial charge in [0.25, 0.3) is 0 Å². The number of hydrogen-bond donors (Lipinski definition) is 0. The average molecular weight is 155 g/mol. The van der Waals surface area contributed by atoms with Gasteiger partial charge in [-0.2, -0.15) is 8.78 Å². The molecule has 0 aliphatic heterocycles. The van der Waals surface area contributed by atoms with Gasteiger partial charge < -0.3 is 0 Å². The number of halogens is 5. The van der Waals surface area contributed by atoms with Crippen molar-refractivity contribution in [2.45, 2.75) is 4.84 Å². The van der Waals surface area contributed by atoms with Gasteiger partial charge in [0.2, 0.25) is 0 Å². The zero-order valence-electron chi connectivity index (χ0n) is 3.39. The second kappa shape index (κ2) is 4.53. The van der Waals surface area contributed by atoms with Crippen molar-refractivity contribution < 1.29 is 13.2 Å². The summed E-state index contributed by atoms with van der Waals surface area (Å²) in [5.41, 5.74) is 0. The Kier molecular flexibility index (Phi) is 6.71. The molecule has 0 spiro atoms. The van der Waals surface area contributed by atoms with Crippen LogP contribution in [0.5, 0.6) is 0 Å². The van der Waals surface area contributed by atoms with Crippen molar-refractivity contribution in [3.8, 4) is 0 Å². The lowest BCUT2D eigenvalue weighted by atomic mass is 11.7. The van der Waals surface area contributed by atoms with Crippen LogP contribution in [0.1, 0.15) is 0 Å². The fraction of sp³-hybridized carbons (Fsp3) is 1.00. The summed E-state index contributed by atoms with van der Waals surface area (Å²) < 4.78 is 30.6. The number of rotatable bonds is 0. The standard InChI is InChI=1S/CCl2F2.CH3F/c2-1(3,4)5;1-2/h;1H3. The van der Waals surface area contributed by atoms with Crippen LogP contribution in [0.2, 0.25) is 0 Å². The zero-order chi connectivity index (χ0) is 6.50. The van der Waals surface area contributed by atoms with Crippen molar-refractivity contribution in [2.75, 3.05) is 7.18 Å². The molecule has 0 atom stereocenters. The Morgan fingerprint density at radius 2 is 1.14 bits per heavy atom. The maximum Gasteiger partial charge on any atom is 0.401 e. The predicted molar refractivity (Wildman–Crippen MR) is 23.7 cm³/mol. The summed E-state index contributed by atoms with van der Waals surface area (Å²) in [6, 6.07) is 0. The van der Waals surface area contributed by atoms with Gasteiger partial charge in [-0.25, -0.2) is 0 Å². The van der Waals surface area contributed by atoms with Gasteiger partial charge in [0.1, 0.15) is 0 Å². The van der Waals surface area contributed by atoms with E-state index in [0.29, 0.717) is 7.18 Å². The van der Waals surface area contributed by atoms with E-state index in [-0.39, 0.29) is 0 Å². The van der Waals surface area contributed by atoms with Crippen LogP contribution in [-0.4, -0.2) is 12.0 Å². The Bertz CT molecular complexity index is 26.4. The molecule has 0 heterocycles. The molecule has 0 aliphatic rings. The summed E-state index contributed by atoms with van der Waals surface area (Å²) in [7, 11) is 0.500. The van der Waals surface area contributed by atoms with Crippen molar-refractivity contribution in [1.82, 2.24) is 0 Å². The third-order valence-corrected chi connectivity index (χ3v) is 0. The van der Waals surface area contributed by atoms with Crippen LogP contribution in [0, 0.1) is 0 Å². The van der Waals surface area contributed by atoms with E-state index in [1.807, 2.05) is 0 Å². The summed E-state index contributed by atoms with van der Waals surface area (Å²) in [5, 5.41) is 0. The van der Waals surface area contributed by atoms with E-state index in [4.69, 9.17) is 0 Å². The summed E-state index contributed by atoms with van der Waals surface area (Å²) in [6.45, 7) is 0. The first-order valence-corrected chi connectivity index (χ1v) is 1.89. The Hall–Kier alpha value is 0.370. The first-order valence-electron chi connectivity index (χ1n) is 1.13. The SMILES string of the molecule is CF.FC(F)(Cl)Cl. The van der Waals surface area contributed by atoms with E-state index in [2.05, 4.69) is 23.2 Å². The van der Waals surface area contributed by atoms with Gasteiger partial charge in [0.05, 0.1) is 7.18 Å². The van der Waals surface area contributed by atoms with Crippen molar-refractivity contribution in [1.29, 1.82) is 0 Å². The third-order valence-electron chi connectivity index (χ3n) is 0. The number of alkyl halides is 5. The largest absolute Gasteiger partial charge is 0.401 e. The molecule has 0 rings (SSSR count). The highest BCUT2D eigenvalue weighted by Gasteiger charge is 2.17. The molecule has 0 amide bonds. The zero-order valence-corrected chi connectivity index (χ0v) is 4.90. The summed E-state index contributed by atoms with van der Waals surface area (Å²) in [4.78, 5) is -3.56. The lowest BCUT2D eigenvalue weighted by Gasteiger charge is -1.87. The smallest absolute Gasteiger partial charge is 0.255 e. The molecule has 5 heteroatoms. The molecule has 0 saturated heterocycles. The van der Waals surface area contributed by atoms with E-state index in [1.165, 1.54) is 0 Å². The van der Waals surface area contributed by atoms with E-state index in [1.54, 1.807) is 0 Å². The normalized spacial score (nSPS) is 9.43. The molecule has 0 aliphatic carbocycles. The molecule has 7 heavy (non-hydrogen) atoms. The van der Waals surface area contributed by atoms with Gasteiger partial charge in [0.15, 0.2) is 0 Å². The van der Waals surface area contributed by atoms with Gasteiger partial charge in [-0.05, 0) is 23.2 Å². The molecule has 0 bridgehead atoms. The molecule has 0 aromatic carbocycles. The minimum atomic E-state index is -3.56. The van der Waals surface area contributed by atoms with Crippen molar-refractivity contribution in [3.05, 3.63) is 0 Å². The highest BCUT2D eigenvalue weighted by Crippen LogP contribution is 2.22. The molecular weight excluding hydrogens is 152 g/mol. The second-order valence-corrected chi connectivity index (χ2v) is 1.57. The van der Waals surface area contributed by atoms with Crippen molar-refractivity contribution in [3.63, 3.8) is 0 Å². The van der Waals surface area contributed by atoms with Crippen molar-refractivity contribution >= 4 is 23.2 Å². The Morgan fingerprint density at radius 1 is 1.14 bits per heavy atom. The van der Waals surface area contributed by atoms with Gasteiger partial charge in [-0.3, -0.25) is 4.39 Å². The summed E-state index contributed by atoms with van der Waals surface area (Å²) in [5.74, 6) is 0. The maximum absolute atomic E-state index is 10.6. The Morgan fingerprint density at radius 3 is 1.14 bits per heavy atom. The highest BCUT2D eigenvalue weighted by atomic mass is 35.5. The van der Waals surface area contributed by atoms with Gasteiger partial charge >= 0.3 is 4.84 Å². The minimum Gasteiger partial charge on any atom is -0.255 e. The molecule has 0 aromatic rings. The van der Waals surface area contributed by atoms with E-state index < -0.39 is 4.84 Å². The molecule has 0 radical (unpaired) electrons. The minimum absolute atomic E-state index is 0.500. The van der Waals surface area contributed by atoms with Gasteiger partial charge in [-0.15, -0.1) is 0 Å². The van der Waals surface area contributed by atoms with E-state index >= 15 is 0 Å². The van der Waals surface area contributed by atoms with Gasteiger partial charge in [-0.1, -0.05) is 0 Å².